The average molecular weight is 286 g/mol. The monoisotopic (exact) mass is 286 g/mol. The number of fused-ring (bicyclic) bond motifs is 4. The van der Waals surface area contributed by atoms with Gasteiger partial charge in [0.2, 0.25) is 0 Å². The van der Waals surface area contributed by atoms with Crippen LogP contribution < -0.4 is 5.32 Å². The SMILES string of the molecule is c1ccc2c(c1)NC[C@@]21CCN2CCC3(C[C@H]21)OCCO3. The molecule has 21 heavy (non-hydrogen) atoms. The van der Waals surface area contributed by atoms with Crippen molar-refractivity contribution >= 4 is 5.69 Å². The molecule has 4 aliphatic heterocycles. The fourth-order valence-corrected chi connectivity index (χ4v) is 5.02. The molecule has 0 amide bonds. The van der Waals surface area contributed by atoms with Crippen molar-refractivity contribution < 1.29 is 9.47 Å². The number of nitrogens with zero attached hydrogens (tertiary/aromatic N) is 1. The topological polar surface area (TPSA) is 33.7 Å². The summed E-state index contributed by atoms with van der Waals surface area (Å²) < 4.78 is 12.0. The average Bonchev–Trinajstić information content (AvgIpc) is 3.21. The van der Waals surface area contributed by atoms with E-state index >= 15 is 0 Å². The Labute approximate surface area is 125 Å². The molecule has 3 fully saturated rings. The van der Waals surface area contributed by atoms with Gasteiger partial charge in [0, 0.05) is 43.1 Å². The summed E-state index contributed by atoms with van der Waals surface area (Å²) in [7, 11) is 0. The van der Waals surface area contributed by atoms with Crippen molar-refractivity contribution in [2.24, 2.45) is 0 Å². The van der Waals surface area contributed by atoms with Crippen molar-refractivity contribution in [1.29, 1.82) is 0 Å². The summed E-state index contributed by atoms with van der Waals surface area (Å²) in [6.07, 6.45) is 3.29. The van der Waals surface area contributed by atoms with Gasteiger partial charge in [0.15, 0.2) is 5.79 Å². The number of piperidine rings is 1. The predicted octanol–water partition coefficient (Wildman–Crippen LogP) is 1.96. The van der Waals surface area contributed by atoms with E-state index in [1.54, 1.807) is 0 Å². The van der Waals surface area contributed by atoms with Crippen LogP contribution in [0.25, 0.3) is 0 Å². The highest BCUT2D eigenvalue weighted by Crippen LogP contribution is 2.52. The van der Waals surface area contributed by atoms with Crippen LogP contribution in [0.15, 0.2) is 24.3 Å². The number of ether oxygens (including phenoxy) is 2. The Bertz CT molecular complexity index is 570. The summed E-state index contributed by atoms with van der Waals surface area (Å²) >= 11 is 0. The summed E-state index contributed by atoms with van der Waals surface area (Å²) in [4.78, 5) is 2.67. The normalized spacial score (nSPS) is 36.9. The second kappa shape index (κ2) is 4.22. The highest BCUT2D eigenvalue weighted by molar-refractivity contribution is 5.61. The van der Waals surface area contributed by atoms with Crippen LogP contribution in [0.4, 0.5) is 5.69 Å². The van der Waals surface area contributed by atoms with Crippen LogP contribution in [0.2, 0.25) is 0 Å². The Morgan fingerprint density at radius 2 is 1.90 bits per heavy atom. The number of nitrogens with one attached hydrogen (secondary N) is 1. The van der Waals surface area contributed by atoms with Crippen molar-refractivity contribution in [3.05, 3.63) is 29.8 Å². The van der Waals surface area contributed by atoms with Crippen LogP contribution in [0.1, 0.15) is 24.8 Å². The lowest BCUT2D eigenvalue weighted by molar-refractivity contribution is -0.196. The van der Waals surface area contributed by atoms with E-state index in [0.29, 0.717) is 6.04 Å². The molecule has 3 saturated heterocycles. The molecule has 4 heteroatoms. The largest absolute Gasteiger partial charge is 0.384 e. The standard InChI is InChI=1S/C17H22N2O2/c1-2-4-14-13(3-1)16(12-18-14)5-7-19-8-6-17(11-15(16)19)20-9-10-21-17/h1-4,15,18H,5-12H2/t15-,16-/m0/s1. The molecule has 5 rings (SSSR count). The van der Waals surface area contributed by atoms with E-state index in [9.17, 15) is 0 Å². The van der Waals surface area contributed by atoms with Gasteiger partial charge in [0.05, 0.1) is 13.2 Å². The minimum atomic E-state index is -0.296. The minimum Gasteiger partial charge on any atom is -0.384 e. The molecule has 0 saturated carbocycles. The molecule has 4 aliphatic rings. The molecule has 0 aromatic heterocycles. The number of benzene rings is 1. The van der Waals surface area contributed by atoms with Gasteiger partial charge in [-0.1, -0.05) is 18.2 Å². The Morgan fingerprint density at radius 1 is 1.10 bits per heavy atom. The molecule has 2 spiro atoms. The molecule has 1 aromatic carbocycles. The highest BCUT2D eigenvalue weighted by atomic mass is 16.7. The zero-order valence-corrected chi connectivity index (χ0v) is 12.3. The van der Waals surface area contributed by atoms with Crippen molar-refractivity contribution in [2.75, 3.05) is 38.2 Å². The van der Waals surface area contributed by atoms with E-state index in [-0.39, 0.29) is 11.2 Å². The van der Waals surface area contributed by atoms with Crippen molar-refractivity contribution in [1.82, 2.24) is 4.90 Å². The number of hydrogen-bond donors (Lipinski definition) is 1. The lowest BCUT2D eigenvalue weighted by atomic mass is 9.72. The van der Waals surface area contributed by atoms with E-state index in [4.69, 9.17) is 9.47 Å². The van der Waals surface area contributed by atoms with E-state index in [2.05, 4.69) is 34.5 Å². The van der Waals surface area contributed by atoms with Crippen molar-refractivity contribution in [3.63, 3.8) is 0 Å². The first-order chi connectivity index (χ1) is 10.3. The number of rotatable bonds is 0. The second-order valence-electron chi connectivity index (χ2n) is 6.92. The molecule has 1 aromatic rings. The molecule has 0 bridgehead atoms. The van der Waals surface area contributed by atoms with Gasteiger partial charge in [0.25, 0.3) is 0 Å². The molecule has 4 heterocycles. The van der Waals surface area contributed by atoms with Crippen molar-refractivity contribution in [3.8, 4) is 0 Å². The quantitative estimate of drug-likeness (QED) is 0.790. The van der Waals surface area contributed by atoms with Gasteiger partial charge < -0.3 is 14.8 Å². The van der Waals surface area contributed by atoms with Gasteiger partial charge in [-0.3, -0.25) is 4.90 Å². The lowest BCUT2D eigenvalue weighted by Crippen LogP contribution is -2.54. The van der Waals surface area contributed by atoms with Crippen LogP contribution in [0, 0.1) is 0 Å². The van der Waals surface area contributed by atoms with Crippen LogP contribution in [0.5, 0.6) is 0 Å². The lowest BCUT2D eigenvalue weighted by Gasteiger charge is -2.45. The molecule has 0 aliphatic carbocycles. The van der Waals surface area contributed by atoms with Gasteiger partial charge in [-0.25, -0.2) is 0 Å². The molecule has 4 nitrogen and oxygen atoms in total. The molecule has 0 radical (unpaired) electrons. The Morgan fingerprint density at radius 3 is 2.81 bits per heavy atom. The molecule has 1 N–H and O–H groups in total. The first-order valence-electron chi connectivity index (χ1n) is 8.17. The zero-order valence-electron chi connectivity index (χ0n) is 12.3. The smallest absolute Gasteiger partial charge is 0.171 e. The van der Waals surface area contributed by atoms with Crippen LogP contribution in [0.3, 0.4) is 0 Å². The van der Waals surface area contributed by atoms with E-state index < -0.39 is 0 Å². The minimum absolute atomic E-state index is 0.249. The number of hydrogen-bond acceptors (Lipinski definition) is 4. The summed E-state index contributed by atoms with van der Waals surface area (Å²) in [5.74, 6) is -0.296. The Hall–Kier alpha value is -1.10. The van der Waals surface area contributed by atoms with Crippen LogP contribution >= 0.6 is 0 Å². The third-order valence-electron chi connectivity index (χ3n) is 6.08. The summed E-state index contributed by atoms with van der Waals surface area (Å²) in [5, 5.41) is 3.64. The third-order valence-corrected chi connectivity index (χ3v) is 6.08. The van der Waals surface area contributed by atoms with Gasteiger partial charge in [-0.05, 0) is 24.6 Å². The van der Waals surface area contributed by atoms with Gasteiger partial charge in [-0.2, -0.15) is 0 Å². The molecule has 2 atom stereocenters. The Kier molecular flexibility index (Phi) is 2.50. The maximum atomic E-state index is 6.01. The first kappa shape index (κ1) is 12.4. The molecular weight excluding hydrogens is 264 g/mol. The third kappa shape index (κ3) is 1.61. The van der Waals surface area contributed by atoms with E-state index in [1.165, 1.54) is 24.2 Å². The summed E-state index contributed by atoms with van der Waals surface area (Å²) in [5.41, 5.74) is 3.08. The molecule has 112 valence electrons. The maximum Gasteiger partial charge on any atom is 0.171 e. The molecule has 0 unspecified atom stereocenters. The molecular formula is C17H22N2O2. The van der Waals surface area contributed by atoms with Gasteiger partial charge in [0.1, 0.15) is 0 Å². The first-order valence-corrected chi connectivity index (χ1v) is 8.17. The van der Waals surface area contributed by atoms with Gasteiger partial charge in [-0.15, -0.1) is 0 Å². The number of para-hydroxylation sites is 1. The van der Waals surface area contributed by atoms with E-state index in [1.807, 2.05) is 0 Å². The van der Waals surface area contributed by atoms with Crippen LogP contribution in [-0.4, -0.2) is 49.6 Å². The highest BCUT2D eigenvalue weighted by Gasteiger charge is 2.57. The maximum absolute atomic E-state index is 6.01. The van der Waals surface area contributed by atoms with Gasteiger partial charge >= 0.3 is 0 Å². The fraction of sp³-hybridized carbons (Fsp3) is 0.647. The summed E-state index contributed by atoms with van der Waals surface area (Å²) in [6, 6.07) is 9.38. The number of anilines is 1. The predicted molar refractivity (Wildman–Crippen MR) is 80.5 cm³/mol. The van der Waals surface area contributed by atoms with Crippen LogP contribution in [-0.2, 0) is 14.9 Å². The van der Waals surface area contributed by atoms with Crippen molar-refractivity contribution in [2.45, 2.75) is 36.5 Å². The zero-order chi connectivity index (χ0) is 13.9. The second-order valence-corrected chi connectivity index (χ2v) is 6.92. The van der Waals surface area contributed by atoms with E-state index in [0.717, 1.165) is 39.1 Å². The Balaban J connectivity index is 1.54. The fourth-order valence-electron chi connectivity index (χ4n) is 5.02. The summed E-state index contributed by atoms with van der Waals surface area (Å²) in [6.45, 7) is 4.89.